The van der Waals surface area contributed by atoms with Crippen LogP contribution in [0, 0.1) is 12.3 Å². The van der Waals surface area contributed by atoms with Crippen molar-refractivity contribution in [2.24, 2.45) is 0 Å². The maximum absolute atomic E-state index is 12.0. The number of nitrogens with one attached hydrogen (secondary N) is 3. The molecule has 23 heavy (non-hydrogen) atoms. The van der Waals surface area contributed by atoms with Gasteiger partial charge >= 0.3 is 0 Å². The Kier molecular flexibility index (Phi) is 7.94. The first-order valence-electron chi connectivity index (χ1n) is 7.32. The van der Waals surface area contributed by atoms with Gasteiger partial charge in [0.05, 0.1) is 6.54 Å². The number of hydrogen-bond acceptors (Lipinski definition) is 3. The topological polar surface area (TPSA) is 87.3 Å². The monoisotopic (exact) mass is 315 g/mol. The number of carbonyl (C=O) groups excluding carboxylic acids is 3. The van der Waals surface area contributed by atoms with Gasteiger partial charge in [0.2, 0.25) is 17.7 Å². The number of terminal acetylenes is 1. The first-order valence-corrected chi connectivity index (χ1v) is 7.32. The lowest BCUT2D eigenvalue weighted by molar-refractivity contribution is -0.129. The molecule has 1 aromatic rings. The van der Waals surface area contributed by atoms with E-state index in [0.29, 0.717) is 19.4 Å². The van der Waals surface area contributed by atoms with Crippen LogP contribution in [0.3, 0.4) is 0 Å². The Balaban J connectivity index is 2.38. The normalized spacial score (nSPS) is 11.0. The van der Waals surface area contributed by atoms with Gasteiger partial charge in [0.25, 0.3) is 0 Å². The zero-order chi connectivity index (χ0) is 17.1. The van der Waals surface area contributed by atoms with E-state index in [2.05, 4.69) is 21.9 Å². The molecular formula is C17H21N3O3. The van der Waals surface area contributed by atoms with E-state index in [9.17, 15) is 14.4 Å². The second kappa shape index (κ2) is 10.0. The van der Waals surface area contributed by atoms with Gasteiger partial charge in [-0.3, -0.25) is 14.4 Å². The van der Waals surface area contributed by atoms with E-state index in [1.807, 2.05) is 30.3 Å². The molecule has 0 aliphatic heterocycles. The highest BCUT2D eigenvalue weighted by Crippen LogP contribution is 1.98. The van der Waals surface area contributed by atoms with E-state index in [1.54, 1.807) is 0 Å². The van der Waals surface area contributed by atoms with E-state index in [0.717, 1.165) is 5.56 Å². The molecule has 3 N–H and O–H groups in total. The lowest BCUT2D eigenvalue weighted by Crippen LogP contribution is -2.48. The van der Waals surface area contributed by atoms with Crippen LogP contribution in [0.4, 0.5) is 0 Å². The Morgan fingerprint density at radius 2 is 1.87 bits per heavy atom. The smallest absolute Gasteiger partial charge is 0.243 e. The van der Waals surface area contributed by atoms with E-state index in [4.69, 9.17) is 6.42 Å². The van der Waals surface area contributed by atoms with E-state index >= 15 is 0 Å². The van der Waals surface area contributed by atoms with Crippen LogP contribution in [-0.2, 0) is 20.9 Å². The number of amides is 3. The molecule has 0 spiro atoms. The average molecular weight is 315 g/mol. The second-order valence-corrected chi connectivity index (χ2v) is 4.98. The molecule has 1 atom stereocenters. The van der Waals surface area contributed by atoms with Crippen LogP contribution in [0.2, 0.25) is 0 Å². The lowest BCUT2D eigenvalue weighted by Gasteiger charge is -2.16. The molecule has 6 nitrogen and oxygen atoms in total. The van der Waals surface area contributed by atoms with Gasteiger partial charge in [-0.1, -0.05) is 30.3 Å². The van der Waals surface area contributed by atoms with Gasteiger partial charge in [-0.25, -0.2) is 0 Å². The molecule has 3 amide bonds. The minimum Gasteiger partial charge on any atom is -0.350 e. The molecule has 0 aliphatic rings. The van der Waals surface area contributed by atoms with Crippen molar-refractivity contribution in [3.63, 3.8) is 0 Å². The van der Waals surface area contributed by atoms with E-state index in [-0.39, 0.29) is 18.4 Å². The van der Waals surface area contributed by atoms with E-state index in [1.165, 1.54) is 6.92 Å². The molecule has 0 radical (unpaired) electrons. The summed E-state index contributed by atoms with van der Waals surface area (Å²) in [6.45, 7) is 1.56. The van der Waals surface area contributed by atoms with Crippen molar-refractivity contribution in [1.29, 1.82) is 0 Å². The van der Waals surface area contributed by atoms with Gasteiger partial charge in [-0.05, 0) is 12.0 Å². The van der Waals surface area contributed by atoms with Gasteiger partial charge in [-0.2, -0.15) is 0 Å². The van der Waals surface area contributed by atoms with Gasteiger partial charge < -0.3 is 16.0 Å². The summed E-state index contributed by atoms with van der Waals surface area (Å²) in [6.07, 6.45) is 5.85. The number of benzene rings is 1. The molecule has 0 saturated heterocycles. The fourth-order valence-corrected chi connectivity index (χ4v) is 1.89. The average Bonchev–Trinajstić information content (AvgIpc) is 2.55. The molecule has 0 unspecified atom stereocenters. The van der Waals surface area contributed by atoms with Gasteiger partial charge in [0.15, 0.2) is 0 Å². The molecule has 1 aromatic carbocycles. The Hall–Kier alpha value is -2.81. The first kappa shape index (κ1) is 18.2. The Bertz CT molecular complexity index is 578. The fraction of sp³-hybridized carbons (Fsp3) is 0.353. The van der Waals surface area contributed by atoms with Crippen LogP contribution >= 0.6 is 0 Å². The third kappa shape index (κ3) is 7.67. The highest BCUT2D eigenvalue weighted by Gasteiger charge is 2.19. The van der Waals surface area contributed by atoms with Crippen molar-refractivity contribution in [2.45, 2.75) is 32.4 Å². The van der Waals surface area contributed by atoms with E-state index < -0.39 is 11.9 Å². The summed E-state index contributed by atoms with van der Waals surface area (Å²) in [7, 11) is 0. The maximum atomic E-state index is 12.0. The largest absolute Gasteiger partial charge is 0.350 e. The van der Waals surface area contributed by atoms with Crippen LogP contribution < -0.4 is 16.0 Å². The minimum absolute atomic E-state index is 0.155. The first-order chi connectivity index (χ1) is 11.0. The number of rotatable bonds is 8. The Morgan fingerprint density at radius 1 is 1.17 bits per heavy atom. The van der Waals surface area contributed by atoms with Crippen molar-refractivity contribution in [1.82, 2.24) is 16.0 Å². The van der Waals surface area contributed by atoms with Crippen molar-refractivity contribution in [2.75, 3.05) is 6.54 Å². The summed E-state index contributed by atoms with van der Waals surface area (Å²) in [5, 5.41) is 7.72. The minimum atomic E-state index is -0.731. The predicted octanol–water partition coefficient (Wildman–Crippen LogP) is 0.337. The maximum Gasteiger partial charge on any atom is 0.243 e. The zero-order valence-electron chi connectivity index (χ0n) is 13.1. The Labute approximate surface area is 136 Å². The second-order valence-electron chi connectivity index (χ2n) is 4.98. The van der Waals surface area contributed by atoms with Crippen molar-refractivity contribution < 1.29 is 14.4 Å². The van der Waals surface area contributed by atoms with Crippen LogP contribution in [0.1, 0.15) is 25.3 Å². The lowest BCUT2D eigenvalue weighted by atomic mass is 10.1. The highest BCUT2D eigenvalue weighted by molar-refractivity contribution is 5.90. The Morgan fingerprint density at radius 3 is 2.48 bits per heavy atom. The number of carbonyl (C=O) groups is 3. The number of hydrogen-bond donors (Lipinski definition) is 3. The highest BCUT2D eigenvalue weighted by atomic mass is 16.2. The third-order valence-corrected chi connectivity index (χ3v) is 3.03. The van der Waals surface area contributed by atoms with Crippen LogP contribution in [0.15, 0.2) is 30.3 Å². The molecule has 0 fully saturated rings. The standard InChI is InChI=1S/C17H21N3O3/c1-3-4-10-15(20-13(2)21)17(23)19-12-16(22)18-11-14-8-6-5-7-9-14/h1,5-9,15H,4,10-12H2,2H3,(H,18,22)(H,19,23)(H,20,21)/t15-/m0/s1. The molecule has 0 aromatic heterocycles. The van der Waals surface area contributed by atoms with Gasteiger partial charge in [-0.15, -0.1) is 12.3 Å². The van der Waals surface area contributed by atoms with Crippen LogP contribution in [0.25, 0.3) is 0 Å². The fourth-order valence-electron chi connectivity index (χ4n) is 1.89. The molecule has 1 rings (SSSR count). The summed E-state index contributed by atoms with van der Waals surface area (Å²) in [4.78, 5) is 34.8. The third-order valence-electron chi connectivity index (χ3n) is 3.03. The van der Waals surface area contributed by atoms with Crippen molar-refractivity contribution in [3.05, 3.63) is 35.9 Å². The molecule has 0 bridgehead atoms. The van der Waals surface area contributed by atoms with Gasteiger partial charge in [0, 0.05) is 19.9 Å². The van der Waals surface area contributed by atoms with Gasteiger partial charge in [0.1, 0.15) is 6.04 Å². The SMILES string of the molecule is C#CCC[C@H](NC(C)=O)C(=O)NCC(=O)NCc1ccccc1. The summed E-state index contributed by atoms with van der Waals surface area (Å²) < 4.78 is 0. The quantitative estimate of drug-likeness (QED) is 0.605. The molecule has 6 heteroatoms. The van der Waals surface area contributed by atoms with Crippen LogP contribution in [-0.4, -0.2) is 30.3 Å². The molecule has 0 saturated carbocycles. The summed E-state index contributed by atoms with van der Waals surface area (Å²) in [5.41, 5.74) is 0.970. The molecule has 122 valence electrons. The summed E-state index contributed by atoms with van der Waals surface area (Å²) >= 11 is 0. The molecule has 0 aliphatic carbocycles. The molecule has 0 heterocycles. The molecular weight excluding hydrogens is 294 g/mol. The summed E-state index contributed by atoms with van der Waals surface area (Å²) in [6, 6.07) is 8.71. The van der Waals surface area contributed by atoms with Crippen LogP contribution in [0.5, 0.6) is 0 Å². The predicted molar refractivity (Wildman–Crippen MR) is 87.0 cm³/mol. The van der Waals surface area contributed by atoms with Crippen molar-refractivity contribution in [3.8, 4) is 12.3 Å². The summed E-state index contributed by atoms with van der Waals surface area (Å²) in [5.74, 6) is 1.37. The van der Waals surface area contributed by atoms with Crippen molar-refractivity contribution >= 4 is 17.7 Å². The zero-order valence-corrected chi connectivity index (χ0v) is 13.1.